The molecule has 184 valence electrons. The number of rotatable bonds is 6. The van der Waals surface area contributed by atoms with Crippen molar-refractivity contribution in [1.29, 1.82) is 0 Å². The van der Waals surface area contributed by atoms with Crippen molar-refractivity contribution in [3.8, 4) is 17.0 Å². The number of alkyl halides is 3. The van der Waals surface area contributed by atoms with Gasteiger partial charge in [-0.2, -0.15) is 13.2 Å². The first-order valence-corrected chi connectivity index (χ1v) is 10.3. The molecule has 2 aromatic carbocycles. The third kappa shape index (κ3) is 5.80. The minimum atomic E-state index is -4.86. The molecule has 35 heavy (non-hydrogen) atoms. The van der Waals surface area contributed by atoms with Crippen LogP contribution >= 0.6 is 23.2 Å². The third-order valence-corrected chi connectivity index (χ3v) is 5.22. The summed E-state index contributed by atoms with van der Waals surface area (Å²) >= 11 is 11.6. The van der Waals surface area contributed by atoms with Crippen molar-refractivity contribution >= 4 is 40.8 Å². The average Bonchev–Trinajstić information content (AvgIpc) is 2.76. The molecule has 1 aromatic heterocycles. The lowest BCUT2D eigenvalue weighted by Crippen LogP contribution is -2.32. The summed E-state index contributed by atoms with van der Waals surface area (Å²) in [5.41, 5.74) is -2.62. The maximum absolute atomic E-state index is 15.0. The van der Waals surface area contributed by atoms with E-state index in [1.165, 1.54) is 12.1 Å². The molecule has 0 aliphatic rings. The Morgan fingerprint density at radius 2 is 1.74 bits per heavy atom. The van der Waals surface area contributed by atoms with Crippen LogP contribution in [-0.2, 0) is 0 Å². The number of halogens is 7. The zero-order valence-corrected chi connectivity index (χ0v) is 18.9. The number of hydrogen-bond acceptors (Lipinski definition) is 4. The summed E-state index contributed by atoms with van der Waals surface area (Å²) in [6.45, 7) is 0.654. The molecule has 3 aromatic rings. The number of hydrogen-bond donors (Lipinski definition) is 2. The second-order valence-corrected chi connectivity index (χ2v) is 7.83. The van der Waals surface area contributed by atoms with Crippen molar-refractivity contribution in [3.05, 3.63) is 75.4 Å². The van der Waals surface area contributed by atoms with Crippen molar-refractivity contribution in [2.24, 2.45) is 0 Å². The van der Waals surface area contributed by atoms with E-state index in [1.54, 1.807) is 0 Å². The monoisotopic (exact) mass is 534 g/mol. The molecule has 0 spiro atoms. The fraction of sp³-hybridized carbons (Fsp3) is 0.136. The molecule has 0 saturated carbocycles. The van der Waals surface area contributed by atoms with Crippen LogP contribution in [0.5, 0.6) is 5.75 Å². The van der Waals surface area contributed by atoms with Crippen LogP contribution in [0.3, 0.4) is 0 Å². The molecular weight excluding hydrogens is 522 g/mol. The van der Waals surface area contributed by atoms with Gasteiger partial charge in [-0.25, -0.2) is 18.6 Å². The lowest BCUT2D eigenvalue weighted by atomic mass is 10.0. The summed E-state index contributed by atoms with van der Waals surface area (Å²) in [5, 5.41) is 10.8. The van der Waals surface area contributed by atoms with Gasteiger partial charge in [-0.15, -0.1) is 0 Å². The van der Waals surface area contributed by atoms with E-state index in [1.807, 2.05) is 0 Å². The number of benzene rings is 2. The first-order valence-electron chi connectivity index (χ1n) is 9.52. The number of carboxylic acid groups (broad SMARTS) is 1. The van der Waals surface area contributed by atoms with Crippen molar-refractivity contribution in [1.82, 2.24) is 4.98 Å². The van der Waals surface area contributed by atoms with Gasteiger partial charge in [0.2, 0.25) is 0 Å². The largest absolute Gasteiger partial charge is 0.480 e. The van der Waals surface area contributed by atoms with Crippen LogP contribution in [0.25, 0.3) is 11.3 Å². The lowest BCUT2D eigenvalue weighted by Gasteiger charge is -2.21. The molecule has 1 amide bonds. The van der Waals surface area contributed by atoms with Gasteiger partial charge in [0.15, 0.2) is 11.8 Å². The van der Waals surface area contributed by atoms with Crippen LogP contribution in [-0.4, -0.2) is 34.2 Å². The zero-order chi connectivity index (χ0) is 26.1. The highest BCUT2D eigenvalue weighted by atomic mass is 35.5. The van der Waals surface area contributed by atoms with Gasteiger partial charge in [0.25, 0.3) is 5.91 Å². The second kappa shape index (κ2) is 10.0. The highest BCUT2D eigenvalue weighted by Crippen LogP contribution is 2.35. The number of aromatic carboxylic acids is 1. The molecule has 6 nitrogen and oxygen atoms in total. The van der Waals surface area contributed by atoms with Crippen LogP contribution in [0.1, 0.15) is 27.8 Å². The summed E-state index contributed by atoms with van der Waals surface area (Å²) in [6.07, 6.45) is -7.29. The highest BCUT2D eigenvalue weighted by molar-refractivity contribution is 6.34. The topological polar surface area (TPSA) is 88.5 Å². The van der Waals surface area contributed by atoms with Crippen molar-refractivity contribution in [3.63, 3.8) is 0 Å². The summed E-state index contributed by atoms with van der Waals surface area (Å²) in [6, 6.07) is 7.01. The zero-order valence-electron chi connectivity index (χ0n) is 17.4. The molecule has 0 aliphatic heterocycles. The number of nitrogens with zero attached hydrogens (tertiary/aromatic N) is 1. The van der Waals surface area contributed by atoms with E-state index in [4.69, 9.17) is 27.9 Å². The van der Waals surface area contributed by atoms with Crippen molar-refractivity contribution in [2.75, 3.05) is 5.32 Å². The second-order valence-electron chi connectivity index (χ2n) is 7.01. The first-order chi connectivity index (χ1) is 16.3. The SMILES string of the molecule is C[C@H](Oc1cc(-c2ccc(Cl)c(C(=O)O)n2)c(F)cc1C(=O)Nc1c(F)cccc1Cl)C(F)(F)F. The van der Waals surface area contributed by atoms with Gasteiger partial charge in [-0.1, -0.05) is 29.3 Å². The van der Waals surface area contributed by atoms with E-state index >= 15 is 0 Å². The van der Waals surface area contributed by atoms with Gasteiger partial charge in [-0.05, 0) is 43.3 Å². The fourth-order valence-electron chi connectivity index (χ4n) is 2.82. The summed E-state index contributed by atoms with van der Waals surface area (Å²) in [4.78, 5) is 27.8. The Morgan fingerprint density at radius 1 is 1.06 bits per heavy atom. The van der Waals surface area contributed by atoms with Crippen LogP contribution in [0.2, 0.25) is 10.0 Å². The van der Waals surface area contributed by atoms with E-state index in [9.17, 15) is 36.6 Å². The van der Waals surface area contributed by atoms with Crippen LogP contribution < -0.4 is 10.1 Å². The number of carbonyl (C=O) groups is 2. The van der Waals surface area contributed by atoms with E-state index in [0.29, 0.717) is 13.0 Å². The normalized spacial score (nSPS) is 12.2. The minimum Gasteiger partial charge on any atom is -0.480 e. The Kier molecular flexibility index (Phi) is 7.51. The lowest BCUT2D eigenvalue weighted by molar-refractivity contribution is -0.189. The van der Waals surface area contributed by atoms with Crippen molar-refractivity contribution in [2.45, 2.75) is 19.2 Å². The average molecular weight is 535 g/mol. The molecule has 2 N–H and O–H groups in total. The van der Waals surface area contributed by atoms with Gasteiger partial charge in [0.1, 0.15) is 17.4 Å². The Morgan fingerprint density at radius 3 is 2.34 bits per heavy atom. The number of carbonyl (C=O) groups excluding carboxylic acids is 1. The molecule has 0 bridgehead atoms. The maximum Gasteiger partial charge on any atom is 0.425 e. The Balaban J connectivity index is 2.13. The molecule has 1 heterocycles. The van der Waals surface area contributed by atoms with Gasteiger partial charge >= 0.3 is 12.1 Å². The number of nitrogens with one attached hydrogen (secondary N) is 1. The number of amides is 1. The summed E-state index contributed by atoms with van der Waals surface area (Å²) < 4.78 is 73.4. The van der Waals surface area contributed by atoms with Crippen molar-refractivity contribution < 1.29 is 41.4 Å². The number of anilines is 1. The Labute approximate surface area is 204 Å². The first kappa shape index (κ1) is 26.2. The predicted octanol–water partition coefficient (Wildman–Crippen LogP) is 6.61. The highest BCUT2D eigenvalue weighted by Gasteiger charge is 2.39. The molecule has 0 aliphatic carbocycles. The number of ether oxygens (including phenoxy) is 1. The maximum atomic E-state index is 15.0. The van der Waals surface area contributed by atoms with Gasteiger partial charge in [-0.3, -0.25) is 4.79 Å². The Bertz CT molecular complexity index is 1300. The number of pyridine rings is 1. The molecule has 1 atom stereocenters. The number of aromatic nitrogens is 1. The summed E-state index contributed by atoms with van der Waals surface area (Å²) in [7, 11) is 0. The minimum absolute atomic E-state index is 0.215. The fourth-order valence-corrected chi connectivity index (χ4v) is 3.22. The molecule has 0 fully saturated rings. The summed E-state index contributed by atoms with van der Waals surface area (Å²) in [5.74, 6) is -5.59. The van der Waals surface area contributed by atoms with E-state index in [0.717, 1.165) is 24.3 Å². The molecule has 13 heteroatoms. The number of carboxylic acids is 1. The van der Waals surface area contributed by atoms with E-state index in [-0.39, 0.29) is 15.7 Å². The van der Waals surface area contributed by atoms with Gasteiger partial charge < -0.3 is 15.2 Å². The van der Waals surface area contributed by atoms with Crippen LogP contribution in [0, 0.1) is 11.6 Å². The molecule has 0 unspecified atom stereocenters. The van der Waals surface area contributed by atoms with E-state index < -0.39 is 64.0 Å². The molecular formula is C22H13Cl2F5N2O4. The Hall–Kier alpha value is -3.44. The molecule has 0 saturated heterocycles. The van der Waals surface area contributed by atoms with Gasteiger partial charge in [0.05, 0.1) is 27.0 Å². The van der Waals surface area contributed by atoms with E-state index in [2.05, 4.69) is 10.3 Å². The predicted molar refractivity (Wildman–Crippen MR) is 117 cm³/mol. The standard InChI is InChI=1S/C22H13Cl2F5N2O4/c1-9(22(27,28)29)35-17-8-10(16-6-5-13(24)19(30-16)21(33)34)15(26)7-11(17)20(32)31-18-12(23)3-2-4-14(18)25/h2-9H,1H3,(H,31,32)(H,33,34)/t9-/m0/s1. The van der Waals surface area contributed by atoms with Crippen LogP contribution in [0.4, 0.5) is 27.6 Å². The van der Waals surface area contributed by atoms with Crippen LogP contribution in [0.15, 0.2) is 42.5 Å². The van der Waals surface area contributed by atoms with Gasteiger partial charge in [0, 0.05) is 5.56 Å². The molecule has 3 rings (SSSR count). The number of para-hydroxylation sites is 1. The third-order valence-electron chi connectivity index (χ3n) is 4.60. The quantitative estimate of drug-likeness (QED) is 0.347. The smallest absolute Gasteiger partial charge is 0.425 e. The molecule has 0 radical (unpaired) electrons.